The van der Waals surface area contributed by atoms with Gasteiger partial charge >= 0.3 is 0 Å². The molecule has 2 N–H and O–H groups in total. The first-order valence-corrected chi connectivity index (χ1v) is 6.58. The zero-order valence-electron chi connectivity index (χ0n) is 10.9. The molecule has 0 bridgehead atoms. The molecule has 3 nitrogen and oxygen atoms in total. The number of anilines is 1. The van der Waals surface area contributed by atoms with Crippen LogP contribution in [0.15, 0.2) is 48.8 Å². The van der Waals surface area contributed by atoms with Crippen LogP contribution >= 0.6 is 12.2 Å². The molecule has 0 amide bonds. The van der Waals surface area contributed by atoms with E-state index in [1.165, 1.54) is 5.56 Å². The third kappa shape index (κ3) is 3.51. The van der Waals surface area contributed by atoms with Gasteiger partial charge in [-0.2, -0.15) is 0 Å². The summed E-state index contributed by atoms with van der Waals surface area (Å²) in [5.41, 5.74) is 8.97. The standard InChI is InChI=1S/C15H17N3S/c1-18(10-8-12-5-4-9-17-11-12)14-7-3-2-6-13(14)15(16)19/h2-7,9,11H,8,10H2,1H3,(H2,16,19). The van der Waals surface area contributed by atoms with Crippen molar-refractivity contribution in [3.05, 3.63) is 59.9 Å². The fourth-order valence-corrected chi connectivity index (χ4v) is 2.15. The number of thiocarbonyl (C=S) groups is 1. The van der Waals surface area contributed by atoms with Gasteiger partial charge in [0.25, 0.3) is 0 Å². The maximum atomic E-state index is 5.75. The topological polar surface area (TPSA) is 42.2 Å². The summed E-state index contributed by atoms with van der Waals surface area (Å²) in [6, 6.07) is 12.0. The number of aromatic nitrogens is 1. The summed E-state index contributed by atoms with van der Waals surface area (Å²) >= 11 is 5.09. The van der Waals surface area contributed by atoms with Crippen molar-refractivity contribution in [2.24, 2.45) is 5.73 Å². The molecule has 0 unspecified atom stereocenters. The zero-order valence-corrected chi connectivity index (χ0v) is 11.7. The van der Waals surface area contributed by atoms with Gasteiger partial charge in [0.05, 0.1) is 0 Å². The summed E-state index contributed by atoms with van der Waals surface area (Å²) in [6.45, 7) is 0.894. The molecule has 0 aliphatic rings. The van der Waals surface area contributed by atoms with Crippen LogP contribution in [0, 0.1) is 0 Å². The van der Waals surface area contributed by atoms with Gasteiger partial charge in [-0.1, -0.05) is 30.4 Å². The Morgan fingerprint density at radius 2 is 2.05 bits per heavy atom. The number of nitrogens with two attached hydrogens (primary N) is 1. The molecular formula is C15H17N3S. The number of pyridine rings is 1. The van der Waals surface area contributed by atoms with E-state index in [0.29, 0.717) is 4.99 Å². The minimum Gasteiger partial charge on any atom is -0.389 e. The number of likely N-dealkylation sites (N-methyl/N-ethyl adjacent to an activating group) is 1. The van der Waals surface area contributed by atoms with Gasteiger partial charge in [-0.15, -0.1) is 0 Å². The lowest BCUT2D eigenvalue weighted by atomic mass is 10.1. The zero-order chi connectivity index (χ0) is 13.7. The quantitative estimate of drug-likeness (QED) is 0.848. The third-order valence-corrected chi connectivity index (χ3v) is 3.26. The van der Waals surface area contributed by atoms with Crippen LogP contribution in [0.25, 0.3) is 0 Å². The largest absolute Gasteiger partial charge is 0.389 e. The molecule has 0 fully saturated rings. The van der Waals surface area contributed by atoms with Crippen LogP contribution in [0.4, 0.5) is 5.69 Å². The highest BCUT2D eigenvalue weighted by molar-refractivity contribution is 7.80. The Morgan fingerprint density at radius 1 is 1.26 bits per heavy atom. The van der Waals surface area contributed by atoms with Crippen LogP contribution in [0.2, 0.25) is 0 Å². The molecule has 2 aromatic rings. The van der Waals surface area contributed by atoms with Crippen molar-refractivity contribution in [2.75, 3.05) is 18.5 Å². The lowest BCUT2D eigenvalue weighted by molar-refractivity contribution is 0.871. The van der Waals surface area contributed by atoms with E-state index in [0.717, 1.165) is 24.2 Å². The fourth-order valence-electron chi connectivity index (χ4n) is 1.98. The third-order valence-electron chi connectivity index (χ3n) is 3.04. The van der Waals surface area contributed by atoms with Gasteiger partial charge in [0, 0.05) is 37.2 Å². The second-order valence-electron chi connectivity index (χ2n) is 4.41. The Kier molecular flexibility index (Phi) is 4.47. The van der Waals surface area contributed by atoms with E-state index in [4.69, 9.17) is 18.0 Å². The van der Waals surface area contributed by atoms with Crippen LogP contribution in [0.5, 0.6) is 0 Å². The molecule has 1 aromatic carbocycles. The van der Waals surface area contributed by atoms with E-state index in [1.807, 2.05) is 43.6 Å². The van der Waals surface area contributed by atoms with Crippen molar-refractivity contribution in [1.29, 1.82) is 0 Å². The average Bonchev–Trinajstić information content (AvgIpc) is 2.46. The Balaban J connectivity index is 2.08. The predicted octanol–water partition coefficient (Wildman–Crippen LogP) is 2.39. The Hall–Kier alpha value is -1.94. The van der Waals surface area contributed by atoms with Crippen molar-refractivity contribution in [3.63, 3.8) is 0 Å². The van der Waals surface area contributed by atoms with Gasteiger partial charge < -0.3 is 10.6 Å². The van der Waals surface area contributed by atoms with E-state index in [1.54, 1.807) is 6.20 Å². The fraction of sp³-hybridized carbons (Fsp3) is 0.200. The molecule has 98 valence electrons. The Bertz CT molecular complexity index is 554. The number of para-hydroxylation sites is 1. The maximum absolute atomic E-state index is 5.75. The van der Waals surface area contributed by atoms with Crippen LogP contribution in [0.1, 0.15) is 11.1 Å². The van der Waals surface area contributed by atoms with Gasteiger partial charge in [0.1, 0.15) is 4.99 Å². The van der Waals surface area contributed by atoms with E-state index >= 15 is 0 Å². The van der Waals surface area contributed by atoms with Crippen molar-refractivity contribution < 1.29 is 0 Å². The van der Waals surface area contributed by atoms with Crippen molar-refractivity contribution in [3.8, 4) is 0 Å². The van der Waals surface area contributed by atoms with E-state index in [9.17, 15) is 0 Å². The summed E-state index contributed by atoms with van der Waals surface area (Å²) in [5, 5.41) is 0. The smallest absolute Gasteiger partial charge is 0.106 e. The molecule has 1 aromatic heterocycles. The second-order valence-corrected chi connectivity index (χ2v) is 4.85. The Morgan fingerprint density at radius 3 is 2.74 bits per heavy atom. The minimum atomic E-state index is 0.434. The Labute approximate surface area is 119 Å². The summed E-state index contributed by atoms with van der Waals surface area (Å²) in [4.78, 5) is 6.72. The summed E-state index contributed by atoms with van der Waals surface area (Å²) in [7, 11) is 2.05. The van der Waals surface area contributed by atoms with Gasteiger partial charge in [-0.05, 0) is 30.2 Å². The SMILES string of the molecule is CN(CCc1cccnc1)c1ccccc1C(N)=S. The molecule has 0 atom stereocenters. The molecule has 2 rings (SSSR count). The van der Waals surface area contributed by atoms with Gasteiger partial charge in [-0.3, -0.25) is 4.98 Å². The van der Waals surface area contributed by atoms with Crippen molar-refractivity contribution in [2.45, 2.75) is 6.42 Å². The molecule has 0 saturated carbocycles. The number of rotatable bonds is 5. The first-order chi connectivity index (χ1) is 9.18. The number of hydrogen-bond acceptors (Lipinski definition) is 3. The predicted molar refractivity (Wildman–Crippen MR) is 83.5 cm³/mol. The van der Waals surface area contributed by atoms with E-state index in [-0.39, 0.29) is 0 Å². The number of hydrogen-bond donors (Lipinski definition) is 1. The van der Waals surface area contributed by atoms with Crippen LogP contribution in [-0.4, -0.2) is 23.6 Å². The van der Waals surface area contributed by atoms with Crippen molar-refractivity contribution in [1.82, 2.24) is 4.98 Å². The molecule has 0 aliphatic heterocycles. The summed E-state index contributed by atoms with van der Waals surface area (Å²) < 4.78 is 0. The highest BCUT2D eigenvalue weighted by Crippen LogP contribution is 2.19. The summed E-state index contributed by atoms with van der Waals surface area (Å²) in [6.07, 6.45) is 4.62. The van der Waals surface area contributed by atoms with Gasteiger partial charge in [0.15, 0.2) is 0 Å². The highest BCUT2D eigenvalue weighted by atomic mass is 32.1. The molecule has 0 saturated heterocycles. The van der Waals surface area contributed by atoms with Gasteiger partial charge in [-0.25, -0.2) is 0 Å². The van der Waals surface area contributed by atoms with Crippen LogP contribution in [0.3, 0.4) is 0 Å². The maximum Gasteiger partial charge on any atom is 0.106 e. The molecule has 0 spiro atoms. The summed E-state index contributed by atoms with van der Waals surface area (Å²) in [5.74, 6) is 0. The molecule has 19 heavy (non-hydrogen) atoms. The number of benzene rings is 1. The van der Waals surface area contributed by atoms with Crippen molar-refractivity contribution >= 4 is 22.9 Å². The first kappa shape index (κ1) is 13.5. The lowest BCUT2D eigenvalue weighted by Gasteiger charge is -2.22. The minimum absolute atomic E-state index is 0.434. The molecule has 0 aliphatic carbocycles. The van der Waals surface area contributed by atoms with E-state index in [2.05, 4.69) is 16.0 Å². The molecule has 1 heterocycles. The lowest BCUT2D eigenvalue weighted by Crippen LogP contribution is -2.24. The second kappa shape index (κ2) is 6.29. The first-order valence-electron chi connectivity index (χ1n) is 6.17. The molecule has 4 heteroatoms. The normalized spacial score (nSPS) is 10.2. The molecular weight excluding hydrogens is 254 g/mol. The van der Waals surface area contributed by atoms with E-state index < -0.39 is 0 Å². The number of nitrogens with zero attached hydrogens (tertiary/aromatic N) is 2. The average molecular weight is 271 g/mol. The van der Waals surface area contributed by atoms with Crippen LogP contribution < -0.4 is 10.6 Å². The van der Waals surface area contributed by atoms with Crippen LogP contribution in [-0.2, 0) is 6.42 Å². The van der Waals surface area contributed by atoms with Gasteiger partial charge in [0.2, 0.25) is 0 Å². The highest BCUT2D eigenvalue weighted by Gasteiger charge is 2.08. The monoisotopic (exact) mass is 271 g/mol. The molecule has 0 radical (unpaired) electrons.